The highest BCUT2D eigenvalue weighted by atomic mass is 35.5. The molecular formula is C8H12ClN3OS. The van der Waals surface area contributed by atoms with Crippen LogP contribution in [0.3, 0.4) is 0 Å². The van der Waals surface area contributed by atoms with E-state index in [1.54, 1.807) is 0 Å². The number of hydrogen-bond donors (Lipinski definition) is 0. The third-order valence-electron chi connectivity index (χ3n) is 2.05. The first-order chi connectivity index (χ1) is 6.77. The summed E-state index contributed by atoms with van der Waals surface area (Å²) in [4.78, 5) is 2.10. The van der Waals surface area contributed by atoms with Crippen LogP contribution in [0.1, 0.15) is 18.2 Å². The summed E-state index contributed by atoms with van der Waals surface area (Å²) in [5.74, 6) is 2.74. The van der Waals surface area contributed by atoms with E-state index in [4.69, 9.17) is 16.0 Å². The van der Waals surface area contributed by atoms with Crippen LogP contribution in [0.4, 0.5) is 6.01 Å². The third kappa shape index (κ3) is 2.15. The zero-order valence-corrected chi connectivity index (χ0v) is 9.51. The Morgan fingerprint density at radius 1 is 1.43 bits per heavy atom. The Balaban J connectivity index is 2.07. The summed E-state index contributed by atoms with van der Waals surface area (Å²) in [5.41, 5.74) is 0. The smallest absolute Gasteiger partial charge is 0.318 e. The first-order valence-electron chi connectivity index (χ1n) is 4.57. The zero-order chi connectivity index (χ0) is 9.97. The third-order valence-corrected chi connectivity index (χ3v) is 3.18. The highest BCUT2D eigenvalue weighted by Crippen LogP contribution is 2.23. The molecule has 1 aliphatic rings. The second-order valence-electron chi connectivity index (χ2n) is 3.14. The van der Waals surface area contributed by atoms with Gasteiger partial charge in [0.1, 0.15) is 5.38 Å². The highest BCUT2D eigenvalue weighted by molar-refractivity contribution is 7.99. The van der Waals surface area contributed by atoms with Gasteiger partial charge in [-0.1, -0.05) is 5.10 Å². The van der Waals surface area contributed by atoms with Gasteiger partial charge in [-0.05, 0) is 6.92 Å². The van der Waals surface area contributed by atoms with Crippen LogP contribution >= 0.6 is 23.4 Å². The van der Waals surface area contributed by atoms with Gasteiger partial charge >= 0.3 is 6.01 Å². The molecule has 1 aliphatic heterocycles. The van der Waals surface area contributed by atoms with Crippen molar-refractivity contribution in [2.45, 2.75) is 12.3 Å². The van der Waals surface area contributed by atoms with Crippen LogP contribution in [-0.4, -0.2) is 34.8 Å². The Bertz CT molecular complexity index is 299. The van der Waals surface area contributed by atoms with Gasteiger partial charge in [-0.15, -0.1) is 16.7 Å². The maximum absolute atomic E-state index is 5.84. The quantitative estimate of drug-likeness (QED) is 0.731. The summed E-state index contributed by atoms with van der Waals surface area (Å²) in [5, 5.41) is 7.66. The SMILES string of the molecule is CC(Cl)c1nnc(N2CCSCC2)o1. The highest BCUT2D eigenvalue weighted by Gasteiger charge is 2.18. The van der Waals surface area contributed by atoms with Crippen molar-refractivity contribution >= 4 is 29.4 Å². The molecule has 0 saturated carbocycles. The molecule has 1 aromatic rings. The fraction of sp³-hybridized carbons (Fsp3) is 0.750. The molecule has 0 spiro atoms. The average Bonchev–Trinajstić information content (AvgIpc) is 2.68. The molecular weight excluding hydrogens is 222 g/mol. The van der Waals surface area contributed by atoms with Gasteiger partial charge in [0.2, 0.25) is 5.89 Å². The normalized spacial score (nSPS) is 19.7. The number of aromatic nitrogens is 2. The van der Waals surface area contributed by atoms with Crippen LogP contribution in [0.15, 0.2) is 4.42 Å². The number of thioether (sulfide) groups is 1. The lowest BCUT2D eigenvalue weighted by molar-refractivity contribution is 0.486. The van der Waals surface area contributed by atoms with Crippen LogP contribution < -0.4 is 4.90 Å². The van der Waals surface area contributed by atoms with Crippen LogP contribution in [0.2, 0.25) is 0 Å². The second-order valence-corrected chi connectivity index (χ2v) is 5.02. The molecule has 0 bridgehead atoms. The van der Waals surface area contributed by atoms with Crippen molar-refractivity contribution in [3.05, 3.63) is 5.89 Å². The van der Waals surface area contributed by atoms with Gasteiger partial charge in [-0.3, -0.25) is 0 Å². The molecule has 0 N–H and O–H groups in total. The van der Waals surface area contributed by atoms with E-state index in [0.717, 1.165) is 24.6 Å². The summed E-state index contributed by atoms with van der Waals surface area (Å²) < 4.78 is 5.45. The monoisotopic (exact) mass is 233 g/mol. The van der Waals surface area contributed by atoms with Gasteiger partial charge in [0.25, 0.3) is 0 Å². The van der Waals surface area contributed by atoms with Crippen LogP contribution in [0.5, 0.6) is 0 Å². The molecule has 1 aromatic heterocycles. The molecule has 0 amide bonds. The lowest BCUT2D eigenvalue weighted by Gasteiger charge is -2.23. The molecule has 6 heteroatoms. The Morgan fingerprint density at radius 2 is 2.14 bits per heavy atom. The minimum absolute atomic E-state index is 0.213. The van der Waals surface area contributed by atoms with Gasteiger partial charge in [0, 0.05) is 24.6 Å². The van der Waals surface area contributed by atoms with Gasteiger partial charge in [0.05, 0.1) is 0 Å². The van der Waals surface area contributed by atoms with Gasteiger partial charge in [0.15, 0.2) is 0 Å². The van der Waals surface area contributed by atoms with E-state index in [2.05, 4.69) is 15.1 Å². The molecule has 4 nitrogen and oxygen atoms in total. The van der Waals surface area contributed by atoms with Crippen molar-refractivity contribution in [3.8, 4) is 0 Å². The fourth-order valence-corrected chi connectivity index (χ4v) is 2.26. The van der Waals surface area contributed by atoms with Crippen molar-refractivity contribution in [3.63, 3.8) is 0 Å². The average molecular weight is 234 g/mol. The predicted octanol–water partition coefficient (Wildman–Crippen LogP) is 1.92. The van der Waals surface area contributed by atoms with E-state index < -0.39 is 0 Å². The first kappa shape index (κ1) is 10.1. The Kier molecular flexibility index (Phi) is 3.18. The summed E-state index contributed by atoms with van der Waals surface area (Å²) in [6.45, 7) is 3.77. The Hall–Kier alpha value is -0.420. The lowest BCUT2D eigenvalue weighted by Crippen LogP contribution is -2.32. The number of hydrogen-bond acceptors (Lipinski definition) is 5. The van der Waals surface area contributed by atoms with Crippen molar-refractivity contribution in [1.29, 1.82) is 0 Å². The summed E-state index contributed by atoms with van der Waals surface area (Å²) >= 11 is 7.79. The molecule has 1 unspecified atom stereocenters. The van der Waals surface area contributed by atoms with Crippen LogP contribution in [0.25, 0.3) is 0 Å². The minimum atomic E-state index is -0.213. The number of nitrogens with zero attached hydrogens (tertiary/aromatic N) is 3. The largest absolute Gasteiger partial charge is 0.406 e. The van der Waals surface area contributed by atoms with E-state index in [9.17, 15) is 0 Å². The number of rotatable bonds is 2. The molecule has 2 heterocycles. The molecule has 78 valence electrons. The summed E-state index contributed by atoms with van der Waals surface area (Å²) in [6.07, 6.45) is 0. The van der Waals surface area contributed by atoms with E-state index in [-0.39, 0.29) is 5.38 Å². The molecule has 1 fully saturated rings. The first-order valence-corrected chi connectivity index (χ1v) is 6.16. The zero-order valence-electron chi connectivity index (χ0n) is 7.94. The maximum Gasteiger partial charge on any atom is 0.318 e. The minimum Gasteiger partial charge on any atom is -0.406 e. The Labute approximate surface area is 92.0 Å². The van der Waals surface area contributed by atoms with E-state index in [1.165, 1.54) is 0 Å². The molecule has 2 rings (SSSR count). The molecule has 1 atom stereocenters. The molecule has 0 aliphatic carbocycles. The lowest BCUT2D eigenvalue weighted by atomic mass is 10.5. The van der Waals surface area contributed by atoms with Gasteiger partial charge in [-0.25, -0.2) is 0 Å². The van der Waals surface area contributed by atoms with Crippen molar-refractivity contribution < 1.29 is 4.42 Å². The van der Waals surface area contributed by atoms with Crippen molar-refractivity contribution in [2.24, 2.45) is 0 Å². The second kappa shape index (κ2) is 4.40. The fourth-order valence-electron chi connectivity index (χ4n) is 1.27. The summed E-state index contributed by atoms with van der Waals surface area (Å²) in [6, 6.07) is 0.604. The molecule has 14 heavy (non-hydrogen) atoms. The standard InChI is InChI=1S/C8H12ClN3OS/c1-6(9)7-10-11-8(13-7)12-2-4-14-5-3-12/h6H,2-5H2,1H3. The van der Waals surface area contributed by atoms with E-state index >= 15 is 0 Å². The number of halogens is 1. The van der Waals surface area contributed by atoms with E-state index in [1.807, 2.05) is 18.7 Å². The maximum atomic E-state index is 5.84. The topological polar surface area (TPSA) is 42.2 Å². The number of anilines is 1. The van der Waals surface area contributed by atoms with E-state index in [0.29, 0.717) is 11.9 Å². The van der Waals surface area contributed by atoms with Crippen molar-refractivity contribution in [1.82, 2.24) is 10.2 Å². The van der Waals surface area contributed by atoms with Gasteiger partial charge < -0.3 is 9.32 Å². The predicted molar refractivity (Wildman–Crippen MR) is 58.1 cm³/mol. The van der Waals surface area contributed by atoms with Crippen LogP contribution in [-0.2, 0) is 0 Å². The molecule has 0 radical (unpaired) electrons. The molecule has 0 aromatic carbocycles. The van der Waals surface area contributed by atoms with Gasteiger partial charge in [-0.2, -0.15) is 11.8 Å². The molecule has 1 saturated heterocycles. The van der Waals surface area contributed by atoms with Crippen LogP contribution in [0, 0.1) is 0 Å². The summed E-state index contributed by atoms with van der Waals surface area (Å²) in [7, 11) is 0. The Morgan fingerprint density at radius 3 is 2.71 bits per heavy atom. The van der Waals surface area contributed by atoms with Crippen molar-refractivity contribution in [2.75, 3.05) is 29.5 Å². The number of alkyl halides is 1.